The summed E-state index contributed by atoms with van der Waals surface area (Å²) in [6.45, 7) is 0. The summed E-state index contributed by atoms with van der Waals surface area (Å²) in [5, 5.41) is 0. The molecule has 0 saturated heterocycles. The monoisotopic (exact) mass is 394 g/mol. The molecule has 0 aliphatic carbocycles. The SMILES string of the molecule is COc1ccc(-c2ccc(-c3ccc(OC)cc3)[te]2)cc1. The van der Waals surface area contributed by atoms with E-state index in [4.69, 9.17) is 9.47 Å². The van der Waals surface area contributed by atoms with E-state index in [1.807, 2.05) is 24.3 Å². The van der Waals surface area contributed by atoms with E-state index < -0.39 is 0 Å². The molecule has 0 aliphatic rings. The molecule has 0 atom stereocenters. The topological polar surface area (TPSA) is 18.5 Å². The van der Waals surface area contributed by atoms with Gasteiger partial charge in [0.15, 0.2) is 0 Å². The van der Waals surface area contributed by atoms with Gasteiger partial charge in [0.25, 0.3) is 0 Å². The molecule has 3 rings (SSSR count). The van der Waals surface area contributed by atoms with Gasteiger partial charge < -0.3 is 0 Å². The zero-order valence-electron chi connectivity index (χ0n) is 12.0. The predicted octanol–water partition coefficient (Wildman–Crippen LogP) is 4.09. The Bertz CT molecular complexity index is 650. The standard InChI is InChI=1S/C18H16O2Te/c1-19-15-7-3-13(4-8-15)17-11-12-18(21-17)14-5-9-16(20-2)10-6-14/h3-12H,1-2H3. The summed E-state index contributed by atoms with van der Waals surface area (Å²) < 4.78 is 13.4. The van der Waals surface area contributed by atoms with Crippen molar-refractivity contribution in [3.05, 3.63) is 60.7 Å². The van der Waals surface area contributed by atoms with E-state index >= 15 is 0 Å². The fourth-order valence-corrected chi connectivity index (χ4v) is 5.06. The van der Waals surface area contributed by atoms with Crippen molar-refractivity contribution < 1.29 is 9.47 Å². The Morgan fingerprint density at radius 1 is 0.571 bits per heavy atom. The van der Waals surface area contributed by atoms with Gasteiger partial charge in [-0.1, -0.05) is 0 Å². The van der Waals surface area contributed by atoms with Crippen LogP contribution in [-0.4, -0.2) is 34.7 Å². The summed E-state index contributed by atoms with van der Waals surface area (Å²) in [6.07, 6.45) is 0. The number of ether oxygens (including phenoxy) is 2. The number of hydrogen-bond donors (Lipinski definition) is 0. The van der Waals surface area contributed by atoms with Gasteiger partial charge in [-0.05, 0) is 0 Å². The van der Waals surface area contributed by atoms with Gasteiger partial charge in [0, 0.05) is 0 Å². The molecule has 2 nitrogen and oxygen atoms in total. The minimum absolute atomic E-state index is 0.334. The summed E-state index contributed by atoms with van der Waals surface area (Å²) >= 11 is -0.334. The average molecular weight is 392 g/mol. The summed E-state index contributed by atoms with van der Waals surface area (Å²) in [7, 11) is 3.39. The van der Waals surface area contributed by atoms with Gasteiger partial charge >= 0.3 is 135 Å². The molecule has 0 aliphatic heterocycles. The number of benzene rings is 2. The molecule has 0 bridgehead atoms. The van der Waals surface area contributed by atoms with Crippen LogP contribution in [0.15, 0.2) is 60.7 Å². The molecular weight excluding hydrogens is 376 g/mol. The third-order valence-corrected chi connectivity index (χ3v) is 6.73. The Balaban J connectivity index is 1.87. The molecule has 0 saturated carbocycles. The molecule has 1 aromatic heterocycles. The molecule has 0 unspecified atom stereocenters. The Morgan fingerprint density at radius 2 is 0.952 bits per heavy atom. The summed E-state index contributed by atoms with van der Waals surface area (Å²) in [5.41, 5.74) is 2.61. The maximum atomic E-state index is 5.21. The van der Waals surface area contributed by atoms with Gasteiger partial charge in [-0.15, -0.1) is 0 Å². The number of rotatable bonds is 4. The Labute approximate surface area is 134 Å². The predicted molar refractivity (Wildman–Crippen MR) is 87.4 cm³/mol. The zero-order chi connectivity index (χ0) is 14.7. The molecule has 2 aromatic carbocycles. The van der Waals surface area contributed by atoms with Gasteiger partial charge in [-0.2, -0.15) is 0 Å². The van der Waals surface area contributed by atoms with Crippen molar-refractivity contribution in [2.45, 2.75) is 0 Å². The van der Waals surface area contributed by atoms with Crippen molar-refractivity contribution in [3.63, 3.8) is 0 Å². The van der Waals surface area contributed by atoms with Crippen LogP contribution in [0.25, 0.3) is 18.3 Å². The molecule has 3 heteroatoms. The first-order chi connectivity index (χ1) is 10.3. The van der Waals surface area contributed by atoms with Crippen molar-refractivity contribution in [2.75, 3.05) is 14.2 Å². The van der Waals surface area contributed by atoms with Crippen LogP contribution in [0, 0.1) is 0 Å². The Morgan fingerprint density at radius 3 is 1.29 bits per heavy atom. The average Bonchev–Trinajstić information content (AvgIpc) is 3.05. The summed E-state index contributed by atoms with van der Waals surface area (Å²) in [5.74, 6) is 1.81. The molecule has 0 N–H and O–H groups in total. The maximum absolute atomic E-state index is 5.21. The van der Waals surface area contributed by atoms with Crippen LogP contribution in [0.1, 0.15) is 0 Å². The first-order valence-electron chi connectivity index (χ1n) is 6.69. The first-order valence-corrected chi connectivity index (χ1v) is 9.02. The number of hydrogen-bond acceptors (Lipinski definition) is 2. The van der Waals surface area contributed by atoms with E-state index in [0.717, 1.165) is 11.5 Å². The van der Waals surface area contributed by atoms with E-state index in [1.165, 1.54) is 18.3 Å². The van der Waals surface area contributed by atoms with Gasteiger partial charge in [0.2, 0.25) is 0 Å². The van der Waals surface area contributed by atoms with Crippen molar-refractivity contribution in [1.29, 1.82) is 0 Å². The first kappa shape index (κ1) is 14.3. The van der Waals surface area contributed by atoms with Crippen LogP contribution in [0.2, 0.25) is 0 Å². The van der Waals surface area contributed by atoms with E-state index in [0.29, 0.717) is 0 Å². The van der Waals surface area contributed by atoms with E-state index in [-0.39, 0.29) is 20.4 Å². The van der Waals surface area contributed by atoms with Crippen LogP contribution in [-0.2, 0) is 0 Å². The molecule has 3 aromatic rings. The molecule has 1 heterocycles. The van der Waals surface area contributed by atoms with E-state index in [2.05, 4.69) is 36.4 Å². The van der Waals surface area contributed by atoms with Crippen molar-refractivity contribution >= 4 is 20.4 Å². The minimum atomic E-state index is -0.334. The zero-order valence-corrected chi connectivity index (χ0v) is 14.3. The van der Waals surface area contributed by atoms with Crippen molar-refractivity contribution in [3.8, 4) is 29.8 Å². The Kier molecular flexibility index (Phi) is 4.34. The molecular formula is C18H16O2Te. The van der Waals surface area contributed by atoms with Crippen molar-refractivity contribution in [1.82, 2.24) is 0 Å². The van der Waals surface area contributed by atoms with Gasteiger partial charge in [-0.3, -0.25) is 0 Å². The van der Waals surface area contributed by atoms with Crippen LogP contribution in [0.3, 0.4) is 0 Å². The molecule has 106 valence electrons. The second-order valence-corrected chi connectivity index (χ2v) is 7.71. The normalized spacial score (nSPS) is 10.4. The molecule has 0 fully saturated rings. The third kappa shape index (κ3) is 3.15. The van der Waals surface area contributed by atoms with Crippen LogP contribution in [0.5, 0.6) is 11.5 Å². The van der Waals surface area contributed by atoms with E-state index in [9.17, 15) is 0 Å². The quantitative estimate of drug-likeness (QED) is 0.623. The fourth-order valence-electron chi connectivity index (χ4n) is 2.16. The van der Waals surface area contributed by atoms with Crippen LogP contribution in [0.4, 0.5) is 0 Å². The summed E-state index contributed by atoms with van der Waals surface area (Å²) in [6, 6.07) is 21.2. The fraction of sp³-hybridized carbons (Fsp3) is 0.111. The molecule has 0 radical (unpaired) electrons. The third-order valence-electron chi connectivity index (χ3n) is 3.36. The molecule has 21 heavy (non-hydrogen) atoms. The van der Waals surface area contributed by atoms with E-state index in [1.54, 1.807) is 14.2 Å². The Hall–Kier alpha value is -1.69. The molecule has 0 spiro atoms. The molecule has 0 amide bonds. The second-order valence-electron chi connectivity index (χ2n) is 4.62. The summed E-state index contributed by atoms with van der Waals surface area (Å²) in [4.78, 5) is 0. The number of methoxy groups -OCH3 is 2. The van der Waals surface area contributed by atoms with Crippen LogP contribution >= 0.6 is 0 Å². The second kappa shape index (κ2) is 6.39. The van der Waals surface area contributed by atoms with Gasteiger partial charge in [0.1, 0.15) is 0 Å². The van der Waals surface area contributed by atoms with Gasteiger partial charge in [0.05, 0.1) is 0 Å². The van der Waals surface area contributed by atoms with Gasteiger partial charge in [-0.25, -0.2) is 0 Å². The van der Waals surface area contributed by atoms with Crippen LogP contribution < -0.4 is 9.47 Å². The van der Waals surface area contributed by atoms with Crippen molar-refractivity contribution in [2.24, 2.45) is 0 Å².